The Morgan fingerprint density at radius 2 is 2.00 bits per heavy atom. The Morgan fingerprint density at radius 1 is 1.41 bits per heavy atom. The van der Waals surface area contributed by atoms with Crippen molar-refractivity contribution in [2.75, 3.05) is 0 Å². The van der Waals surface area contributed by atoms with Crippen molar-refractivity contribution in [3.8, 4) is 6.07 Å². The Hall–Kier alpha value is -1.79. The summed E-state index contributed by atoms with van der Waals surface area (Å²) in [5.74, 6) is -0.308. The predicted octanol–water partition coefficient (Wildman–Crippen LogP) is 2.93. The lowest BCUT2D eigenvalue weighted by molar-refractivity contribution is 0.103. The van der Waals surface area contributed by atoms with E-state index >= 15 is 0 Å². The molecule has 0 bridgehead atoms. The summed E-state index contributed by atoms with van der Waals surface area (Å²) in [6.45, 7) is 3.86. The largest absolute Gasteiger partial charge is 0.388 e. The molecule has 17 heavy (non-hydrogen) atoms. The summed E-state index contributed by atoms with van der Waals surface area (Å²) in [4.78, 5) is 11.9. The molecular formula is C13H13ClN2O. The maximum absolute atomic E-state index is 11.9. The number of benzene rings is 1. The molecule has 0 fully saturated rings. The first-order chi connectivity index (χ1) is 8.04. The van der Waals surface area contributed by atoms with Gasteiger partial charge >= 0.3 is 0 Å². The molecule has 0 saturated carbocycles. The van der Waals surface area contributed by atoms with E-state index in [1.54, 1.807) is 24.3 Å². The van der Waals surface area contributed by atoms with Crippen LogP contribution in [0, 0.1) is 11.3 Å². The summed E-state index contributed by atoms with van der Waals surface area (Å²) in [5.41, 5.74) is 0.536. The molecule has 1 N–H and O–H groups in total. The van der Waals surface area contributed by atoms with Gasteiger partial charge in [-0.25, -0.2) is 0 Å². The number of nitrogens with one attached hydrogen (secondary N) is 1. The lowest BCUT2D eigenvalue weighted by Gasteiger charge is -2.05. The molecule has 0 heterocycles. The normalized spacial score (nSPS) is 11.1. The van der Waals surface area contributed by atoms with Gasteiger partial charge < -0.3 is 5.32 Å². The molecule has 0 saturated heterocycles. The van der Waals surface area contributed by atoms with Gasteiger partial charge in [-0.05, 0) is 38.1 Å². The van der Waals surface area contributed by atoms with Crippen LogP contribution in [0.3, 0.4) is 0 Å². The van der Waals surface area contributed by atoms with Gasteiger partial charge in [0.05, 0.1) is 0 Å². The highest BCUT2D eigenvalue weighted by Gasteiger charge is 2.11. The Kier molecular flexibility index (Phi) is 4.74. The number of rotatable bonds is 4. The Labute approximate surface area is 106 Å². The molecule has 0 atom stereocenters. The molecule has 0 unspecified atom stereocenters. The second-order valence-corrected chi connectivity index (χ2v) is 4.26. The minimum Gasteiger partial charge on any atom is -0.388 e. The van der Waals surface area contributed by atoms with Crippen molar-refractivity contribution in [1.29, 1.82) is 5.26 Å². The fraction of sp³-hybridized carbons (Fsp3) is 0.231. The highest BCUT2D eigenvalue weighted by Crippen LogP contribution is 2.12. The fourth-order valence-corrected chi connectivity index (χ4v) is 1.28. The summed E-state index contributed by atoms with van der Waals surface area (Å²) >= 11 is 5.73. The van der Waals surface area contributed by atoms with E-state index in [-0.39, 0.29) is 17.4 Å². The summed E-state index contributed by atoms with van der Waals surface area (Å²) in [7, 11) is 0. The molecule has 88 valence electrons. The number of nitrogens with zero attached hydrogens (tertiary/aromatic N) is 1. The smallest absolute Gasteiger partial charge is 0.205 e. The van der Waals surface area contributed by atoms with Crippen LogP contribution in [0.2, 0.25) is 5.02 Å². The first kappa shape index (κ1) is 13.3. The van der Waals surface area contributed by atoms with Gasteiger partial charge in [0.25, 0.3) is 0 Å². The molecule has 3 nitrogen and oxygen atoms in total. The second kappa shape index (κ2) is 6.07. The Morgan fingerprint density at radius 3 is 2.47 bits per heavy atom. The number of carbonyl (C=O) groups is 1. The monoisotopic (exact) mass is 248 g/mol. The molecule has 1 aromatic rings. The molecule has 0 aliphatic heterocycles. The van der Waals surface area contributed by atoms with Gasteiger partial charge in [0.2, 0.25) is 5.78 Å². The Bertz CT molecular complexity index is 469. The molecule has 0 aromatic heterocycles. The van der Waals surface area contributed by atoms with Crippen LogP contribution < -0.4 is 5.32 Å². The average molecular weight is 249 g/mol. The van der Waals surface area contributed by atoms with E-state index in [2.05, 4.69) is 5.32 Å². The van der Waals surface area contributed by atoms with Crippen molar-refractivity contribution in [1.82, 2.24) is 5.32 Å². The lowest BCUT2D eigenvalue weighted by atomic mass is 10.1. The number of halogens is 1. The SMILES string of the molecule is CC(C)N/C=C(/C#N)C(=O)c1ccc(Cl)cc1. The van der Waals surface area contributed by atoms with Crippen molar-refractivity contribution in [2.24, 2.45) is 0 Å². The third kappa shape index (κ3) is 3.93. The van der Waals surface area contributed by atoms with E-state index in [1.165, 1.54) is 6.20 Å². The maximum atomic E-state index is 11.9. The zero-order chi connectivity index (χ0) is 12.8. The maximum Gasteiger partial charge on any atom is 0.205 e. The highest BCUT2D eigenvalue weighted by molar-refractivity contribution is 6.30. The standard InChI is InChI=1S/C13H13ClN2O/c1-9(2)16-8-11(7-15)13(17)10-3-5-12(14)6-4-10/h3-6,8-9,16H,1-2H3/b11-8-. The van der Waals surface area contributed by atoms with Gasteiger partial charge in [-0.2, -0.15) is 5.26 Å². The van der Waals surface area contributed by atoms with Crippen LogP contribution in [0.1, 0.15) is 24.2 Å². The van der Waals surface area contributed by atoms with Gasteiger partial charge in [0, 0.05) is 22.8 Å². The first-order valence-electron chi connectivity index (χ1n) is 5.21. The number of Topliss-reactive ketones (excluding diaryl/α,β-unsaturated/α-hetero) is 1. The number of hydrogen-bond acceptors (Lipinski definition) is 3. The molecule has 4 heteroatoms. The molecule has 1 rings (SSSR count). The van der Waals surface area contributed by atoms with Crippen LogP contribution in [-0.4, -0.2) is 11.8 Å². The number of nitriles is 1. The van der Waals surface area contributed by atoms with Crippen LogP contribution in [0.25, 0.3) is 0 Å². The quantitative estimate of drug-likeness (QED) is 0.506. The third-order valence-electron chi connectivity index (χ3n) is 2.03. The Balaban J connectivity index is 2.91. The predicted molar refractivity (Wildman–Crippen MR) is 67.8 cm³/mol. The van der Waals surface area contributed by atoms with Gasteiger partial charge in [0.1, 0.15) is 11.6 Å². The first-order valence-corrected chi connectivity index (χ1v) is 5.59. The highest BCUT2D eigenvalue weighted by atomic mass is 35.5. The van der Waals surface area contributed by atoms with Gasteiger partial charge in [0.15, 0.2) is 0 Å². The number of carbonyl (C=O) groups excluding carboxylic acids is 1. The molecule has 0 aliphatic carbocycles. The van der Waals surface area contributed by atoms with Crippen LogP contribution in [0.5, 0.6) is 0 Å². The molecule has 0 spiro atoms. The minimum absolute atomic E-state index is 0.0843. The summed E-state index contributed by atoms with van der Waals surface area (Å²) in [6.07, 6.45) is 1.45. The van der Waals surface area contributed by atoms with Gasteiger partial charge in [-0.1, -0.05) is 11.6 Å². The van der Waals surface area contributed by atoms with E-state index in [4.69, 9.17) is 16.9 Å². The van der Waals surface area contributed by atoms with Crippen LogP contribution in [0.15, 0.2) is 36.0 Å². The van der Waals surface area contributed by atoms with E-state index < -0.39 is 0 Å². The zero-order valence-corrected chi connectivity index (χ0v) is 10.5. The molecule has 1 aromatic carbocycles. The fourth-order valence-electron chi connectivity index (χ4n) is 1.16. The minimum atomic E-state index is -0.308. The van der Waals surface area contributed by atoms with Crippen LogP contribution in [-0.2, 0) is 0 Å². The van der Waals surface area contributed by atoms with Crippen LogP contribution >= 0.6 is 11.6 Å². The van der Waals surface area contributed by atoms with E-state index in [0.29, 0.717) is 10.6 Å². The third-order valence-corrected chi connectivity index (χ3v) is 2.28. The zero-order valence-electron chi connectivity index (χ0n) is 9.70. The van der Waals surface area contributed by atoms with Gasteiger partial charge in [-0.3, -0.25) is 4.79 Å². The van der Waals surface area contributed by atoms with Crippen molar-refractivity contribution >= 4 is 17.4 Å². The number of hydrogen-bond donors (Lipinski definition) is 1. The second-order valence-electron chi connectivity index (χ2n) is 3.83. The van der Waals surface area contributed by atoms with E-state index in [9.17, 15) is 4.79 Å². The van der Waals surface area contributed by atoms with E-state index in [0.717, 1.165) is 0 Å². The van der Waals surface area contributed by atoms with Crippen molar-refractivity contribution < 1.29 is 4.79 Å². The van der Waals surface area contributed by atoms with Crippen molar-refractivity contribution in [3.63, 3.8) is 0 Å². The summed E-state index contributed by atoms with van der Waals surface area (Å²) < 4.78 is 0. The average Bonchev–Trinajstić information content (AvgIpc) is 2.30. The van der Waals surface area contributed by atoms with E-state index in [1.807, 2.05) is 19.9 Å². The summed E-state index contributed by atoms with van der Waals surface area (Å²) in [5, 5.41) is 12.4. The molecule has 0 radical (unpaired) electrons. The van der Waals surface area contributed by atoms with Crippen molar-refractivity contribution in [3.05, 3.63) is 46.6 Å². The number of ketones is 1. The number of allylic oxidation sites excluding steroid dienone is 1. The molecular weight excluding hydrogens is 236 g/mol. The molecule has 0 aliphatic rings. The lowest BCUT2D eigenvalue weighted by Crippen LogP contribution is -2.17. The van der Waals surface area contributed by atoms with Gasteiger partial charge in [-0.15, -0.1) is 0 Å². The molecule has 0 amide bonds. The summed E-state index contributed by atoms with van der Waals surface area (Å²) in [6, 6.07) is 8.52. The topological polar surface area (TPSA) is 52.9 Å². The van der Waals surface area contributed by atoms with Crippen LogP contribution in [0.4, 0.5) is 0 Å². The van der Waals surface area contributed by atoms with Crippen molar-refractivity contribution in [2.45, 2.75) is 19.9 Å².